The number of halogens is 3. The molecule has 5 aromatic rings. The van der Waals surface area contributed by atoms with Crippen molar-refractivity contribution < 1.29 is 22.7 Å². The summed E-state index contributed by atoms with van der Waals surface area (Å²) in [6.07, 6.45) is -0.420. The van der Waals surface area contributed by atoms with Gasteiger partial charge in [-0.1, -0.05) is 6.58 Å². The van der Waals surface area contributed by atoms with Gasteiger partial charge in [-0.25, -0.2) is 15.0 Å². The number of nitriles is 1. The van der Waals surface area contributed by atoms with E-state index in [2.05, 4.69) is 49.2 Å². The zero-order valence-corrected chi connectivity index (χ0v) is 27.1. The lowest BCUT2D eigenvalue weighted by Gasteiger charge is -2.33. The Morgan fingerprint density at radius 1 is 1.23 bits per heavy atom. The number of thiophene rings is 1. The lowest BCUT2D eigenvalue weighted by atomic mass is 10.0. The van der Waals surface area contributed by atoms with Gasteiger partial charge in [0.05, 0.1) is 30.1 Å². The van der Waals surface area contributed by atoms with Gasteiger partial charge in [0.25, 0.3) is 0 Å². The van der Waals surface area contributed by atoms with Crippen LogP contribution in [0.15, 0.2) is 48.6 Å². The Balaban J connectivity index is 1.11. The van der Waals surface area contributed by atoms with E-state index < -0.39 is 12.6 Å². The maximum Gasteiger partial charge on any atom is 0.393 e. The smallest absolute Gasteiger partial charge is 0.393 e. The summed E-state index contributed by atoms with van der Waals surface area (Å²) in [7, 11) is 1.64. The number of hydrogen-bond acceptors (Lipinski definition) is 10. The number of anilines is 2. The number of ether oxygens (including phenoxy) is 1. The van der Waals surface area contributed by atoms with E-state index >= 15 is 0 Å². The van der Waals surface area contributed by atoms with Gasteiger partial charge in [-0.15, -0.1) is 22.7 Å². The molecule has 0 radical (unpaired) electrons. The molecule has 0 unspecified atom stereocenters. The molecule has 2 N–H and O–H groups in total. The number of benzene rings is 1. The molecule has 1 aliphatic rings. The van der Waals surface area contributed by atoms with Crippen LogP contribution in [0.1, 0.15) is 34.7 Å². The molecule has 244 valence electrons. The molecule has 1 fully saturated rings. The molecule has 15 heteroatoms. The number of aromatic nitrogens is 4. The Kier molecular flexibility index (Phi) is 9.44. The number of alkyl halides is 3. The highest BCUT2D eigenvalue weighted by Crippen LogP contribution is 2.34. The lowest BCUT2D eigenvalue weighted by molar-refractivity contribution is -0.126. The van der Waals surface area contributed by atoms with E-state index in [0.29, 0.717) is 46.4 Å². The van der Waals surface area contributed by atoms with Crippen molar-refractivity contribution in [3.8, 4) is 11.8 Å². The average Bonchev–Trinajstić information content (AvgIpc) is 3.76. The highest BCUT2D eigenvalue weighted by Gasteiger charge is 2.29. The predicted octanol–water partition coefficient (Wildman–Crippen LogP) is 6.53. The zero-order valence-electron chi connectivity index (χ0n) is 25.4. The predicted molar refractivity (Wildman–Crippen MR) is 177 cm³/mol. The number of nitrogens with one attached hydrogen (secondary N) is 2. The van der Waals surface area contributed by atoms with Crippen LogP contribution >= 0.6 is 22.7 Å². The molecule has 1 aromatic carbocycles. The van der Waals surface area contributed by atoms with Crippen LogP contribution in [0.25, 0.3) is 21.1 Å². The Labute approximate surface area is 276 Å². The van der Waals surface area contributed by atoms with Gasteiger partial charge in [-0.2, -0.15) is 18.4 Å². The molecule has 6 rings (SSSR count). The van der Waals surface area contributed by atoms with Crippen LogP contribution in [0.2, 0.25) is 0 Å². The van der Waals surface area contributed by atoms with Gasteiger partial charge in [0.1, 0.15) is 34.5 Å². The molecule has 0 aliphatic carbocycles. The van der Waals surface area contributed by atoms with Crippen LogP contribution in [0, 0.1) is 11.3 Å². The highest BCUT2D eigenvalue weighted by atomic mass is 32.1. The molecule has 0 bridgehead atoms. The Bertz CT molecular complexity index is 1970. The second-order valence-electron chi connectivity index (χ2n) is 11.2. The van der Waals surface area contributed by atoms with Crippen molar-refractivity contribution in [1.82, 2.24) is 24.4 Å². The van der Waals surface area contributed by atoms with Gasteiger partial charge in [0.2, 0.25) is 5.91 Å². The first kappa shape index (κ1) is 32.4. The summed E-state index contributed by atoms with van der Waals surface area (Å²) in [5.41, 5.74) is 3.26. The van der Waals surface area contributed by atoms with Gasteiger partial charge in [0, 0.05) is 65.9 Å². The molecular weight excluding hydrogens is 650 g/mol. The summed E-state index contributed by atoms with van der Waals surface area (Å²) in [6.45, 7) is 6.27. The highest BCUT2D eigenvalue weighted by molar-refractivity contribution is 7.18. The molecule has 10 nitrogen and oxygen atoms in total. The van der Waals surface area contributed by atoms with Gasteiger partial charge in [0.15, 0.2) is 5.13 Å². The van der Waals surface area contributed by atoms with E-state index in [9.17, 15) is 23.2 Å². The second-order valence-corrected chi connectivity index (χ2v) is 13.2. The average molecular weight is 681 g/mol. The number of thiazole rings is 1. The molecular formula is C32H31F3N8O2S2. The van der Waals surface area contributed by atoms with E-state index in [4.69, 9.17) is 4.74 Å². The number of carbonyl (C=O) groups excluding carboxylic acids is 1. The third-order valence-corrected chi connectivity index (χ3v) is 9.90. The largest absolute Gasteiger partial charge is 0.496 e. The van der Waals surface area contributed by atoms with Crippen molar-refractivity contribution in [1.29, 1.82) is 5.26 Å². The molecule has 4 aromatic heterocycles. The van der Waals surface area contributed by atoms with E-state index in [1.807, 2.05) is 22.1 Å². The summed E-state index contributed by atoms with van der Waals surface area (Å²) >= 11 is 2.38. The minimum atomic E-state index is -4.27. The van der Waals surface area contributed by atoms with Crippen molar-refractivity contribution >= 4 is 60.6 Å². The van der Waals surface area contributed by atoms with Crippen molar-refractivity contribution in [2.24, 2.45) is 0 Å². The number of amides is 1. The maximum atomic E-state index is 12.9. The fourth-order valence-electron chi connectivity index (χ4n) is 5.82. The third-order valence-electron chi connectivity index (χ3n) is 8.05. The number of likely N-dealkylation sites (tertiary alicyclic amines) is 1. The summed E-state index contributed by atoms with van der Waals surface area (Å²) in [5, 5.41) is 20.0. The first-order chi connectivity index (χ1) is 22.6. The number of piperidine rings is 1. The molecule has 0 saturated carbocycles. The van der Waals surface area contributed by atoms with Crippen LogP contribution in [0.3, 0.4) is 0 Å². The van der Waals surface area contributed by atoms with Crippen LogP contribution in [0.4, 0.5) is 24.1 Å². The SMILES string of the molecule is C=CC(=O)Nc1nc(CCn2c(C#N)cc3cc(CN4CCC(Nc5ncnc6sc(CC(F)(F)F)cc56)CC4)c(OC)cc32)cs1. The summed E-state index contributed by atoms with van der Waals surface area (Å²) in [6, 6.07) is 9.91. The standard InChI is InChI=1S/C32H31F3N8O2S2/c1-3-28(44)41-31-40-22(17-46-31)6-9-43-23(15-36)11-19-10-20(27(45-2)13-26(19)43)16-42-7-4-21(5-8-42)39-29-25-12-24(14-32(33,34)35)47-30(25)38-18-37-29/h3,10-13,17-18,21H,1,4-9,14,16H2,2H3,(H,37,38,39)(H,40,41,44). The number of aryl methyl sites for hydroxylation is 2. The third kappa shape index (κ3) is 7.56. The van der Waals surface area contributed by atoms with Gasteiger partial charge in [-0.05, 0) is 37.1 Å². The summed E-state index contributed by atoms with van der Waals surface area (Å²) in [5.74, 6) is 0.988. The number of hydrogen-bond donors (Lipinski definition) is 2. The number of fused-ring (bicyclic) bond motifs is 2. The normalized spacial score (nSPS) is 14.4. The molecule has 0 atom stereocenters. The second kappa shape index (κ2) is 13.7. The first-order valence-corrected chi connectivity index (χ1v) is 16.6. The van der Waals surface area contributed by atoms with E-state index in [0.717, 1.165) is 65.2 Å². The Hall–Kier alpha value is -4.52. The van der Waals surface area contributed by atoms with Crippen LogP contribution < -0.4 is 15.4 Å². The molecule has 1 saturated heterocycles. The molecule has 5 heterocycles. The van der Waals surface area contributed by atoms with Crippen LogP contribution in [-0.4, -0.2) is 62.7 Å². The van der Waals surface area contributed by atoms with Crippen molar-refractivity contribution in [2.45, 2.75) is 51.0 Å². The van der Waals surface area contributed by atoms with E-state index in [-0.39, 0.29) is 16.8 Å². The quantitative estimate of drug-likeness (QED) is 0.151. The Morgan fingerprint density at radius 3 is 2.77 bits per heavy atom. The first-order valence-electron chi connectivity index (χ1n) is 14.9. The molecule has 1 aliphatic heterocycles. The zero-order chi connectivity index (χ0) is 33.1. The molecule has 1 amide bonds. The fraction of sp³-hybridized carbons (Fsp3) is 0.344. The van der Waals surface area contributed by atoms with Crippen LogP contribution in [0.5, 0.6) is 5.75 Å². The number of rotatable bonds is 11. The summed E-state index contributed by atoms with van der Waals surface area (Å²) in [4.78, 5) is 27.7. The molecule has 47 heavy (non-hydrogen) atoms. The van der Waals surface area contributed by atoms with Crippen molar-refractivity contribution in [3.63, 3.8) is 0 Å². The van der Waals surface area contributed by atoms with Crippen molar-refractivity contribution in [2.75, 3.05) is 30.8 Å². The lowest BCUT2D eigenvalue weighted by Crippen LogP contribution is -2.38. The maximum absolute atomic E-state index is 12.9. The summed E-state index contributed by atoms with van der Waals surface area (Å²) < 4.78 is 46.6. The minimum Gasteiger partial charge on any atom is -0.496 e. The fourth-order valence-corrected chi connectivity index (χ4v) is 7.60. The van der Waals surface area contributed by atoms with Gasteiger partial charge < -0.3 is 14.6 Å². The van der Waals surface area contributed by atoms with E-state index in [1.54, 1.807) is 13.2 Å². The van der Waals surface area contributed by atoms with E-state index in [1.165, 1.54) is 23.7 Å². The monoisotopic (exact) mass is 680 g/mol. The molecule has 0 spiro atoms. The van der Waals surface area contributed by atoms with Gasteiger partial charge >= 0.3 is 6.18 Å². The number of carbonyl (C=O) groups is 1. The number of nitrogens with zero attached hydrogens (tertiary/aromatic N) is 6. The van der Waals surface area contributed by atoms with Gasteiger partial charge in [-0.3, -0.25) is 15.0 Å². The van der Waals surface area contributed by atoms with Crippen molar-refractivity contribution in [3.05, 3.63) is 70.5 Å². The topological polar surface area (TPSA) is 121 Å². The van der Waals surface area contributed by atoms with Crippen LogP contribution in [-0.2, 0) is 30.7 Å². The number of methoxy groups -OCH3 is 1. The Morgan fingerprint density at radius 2 is 2.04 bits per heavy atom. The minimum absolute atomic E-state index is 0.124.